The first-order chi connectivity index (χ1) is 10.1. The zero-order valence-corrected chi connectivity index (χ0v) is 12.2. The van der Waals surface area contributed by atoms with E-state index in [4.69, 9.17) is 4.74 Å². The number of nitrogens with one attached hydrogen (secondary N) is 1. The minimum atomic E-state index is -0.932. The zero-order valence-electron chi connectivity index (χ0n) is 12.2. The highest BCUT2D eigenvalue weighted by molar-refractivity contribution is 5.78. The molecule has 120 valence electrons. The number of hydrogen-bond donors (Lipinski definition) is 3. The average molecular weight is 300 g/mol. The van der Waals surface area contributed by atoms with Gasteiger partial charge in [0.1, 0.15) is 0 Å². The Balaban J connectivity index is 1.93. The van der Waals surface area contributed by atoms with Crippen LogP contribution in [-0.4, -0.2) is 66.1 Å². The van der Waals surface area contributed by atoms with E-state index in [2.05, 4.69) is 5.32 Å². The first kappa shape index (κ1) is 16.0. The van der Waals surface area contributed by atoms with Crippen molar-refractivity contribution in [1.29, 1.82) is 0 Å². The summed E-state index contributed by atoms with van der Waals surface area (Å²) in [5.74, 6) is -0.886. The Morgan fingerprint density at radius 1 is 1.29 bits per heavy atom. The number of aliphatic carboxylic acids is 1. The standard InChI is InChI=1S/C14H24N2O5/c17-9-11-3-1-2-6-16(11)13(20)15-10-14(12(18)19)4-7-21-8-5-14/h11,17H,1-10H2,(H,15,20)(H,18,19). The fourth-order valence-corrected chi connectivity index (χ4v) is 3.03. The monoisotopic (exact) mass is 300 g/mol. The number of urea groups is 1. The van der Waals surface area contributed by atoms with Crippen LogP contribution in [0.1, 0.15) is 32.1 Å². The number of amides is 2. The second-order valence-corrected chi connectivity index (χ2v) is 5.88. The van der Waals surface area contributed by atoms with E-state index >= 15 is 0 Å². The van der Waals surface area contributed by atoms with Crippen LogP contribution >= 0.6 is 0 Å². The molecular weight excluding hydrogens is 276 g/mol. The third-order valence-electron chi connectivity index (χ3n) is 4.58. The highest BCUT2D eigenvalue weighted by Crippen LogP contribution is 2.30. The number of likely N-dealkylation sites (tertiary alicyclic amines) is 1. The van der Waals surface area contributed by atoms with Gasteiger partial charge in [-0.2, -0.15) is 0 Å². The number of hydrogen-bond acceptors (Lipinski definition) is 4. The summed E-state index contributed by atoms with van der Waals surface area (Å²) in [6, 6.07) is -0.435. The maximum atomic E-state index is 12.3. The van der Waals surface area contributed by atoms with Gasteiger partial charge in [-0.05, 0) is 32.1 Å². The molecule has 2 amide bonds. The molecule has 7 heteroatoms. The lowest BCUT2D eigenvalue weighted by Gasteiger charge is -2.37. The number of carboxylic acid groups (broad SMARTS) is 1. The van der Waals surface area contributed by atoms with E-state index in [1.807, 2.05) is 0 Å². The number of nitrogens with zero attached hydrogens (tertiary/aromatic N) is 1. The second kappa shape index (κ2) is 7.09. The van der Waals surface area contributed by atoms with E-state index in [1.54, 1.807) is 4.90 Å². The summed E-state index contributed by atoms with van der Waals surface area (Å²) in [5.41, 5.74) is -0.932. The molecule has 0 aliphatic carbocycles. The minimum absolute atomic E-state index is 0.0503. The highest BCUT2D eigenvalue weighted by Gasteiger charge is 2.41. The van der Waals surface area contributed by atoms with E-state index in [1.165, 1.54) is 0 Å². The van der Waals surface area contributed by atoms with E-state index in [0.717, 1.165) is 19.3 Å². The van der Waals surface area contributed by atoms with Crippen LogP contribution < -0.4 is 5.32 Å². The smallest absolute Gasteiger partial charge is 0.317 e. The number of carbonyl (C=O) groups is 2. The van der Waals surface area contributed by atoms with E-state index in [9.17, 15) is 19.8 Å². The molecule has 0 aromatic rings. The SMILES string of the molecule is O=C(NCC1(C(=O)O)CCOCC1)N1CCCCC1CO. The van der Waals surface area contributed by atoms with Crippen LogP contribution in [-0.2, 0) is 9.53 Å². The molecule has 0 saturated carbocycles. The lowest BCUT2D eigenvalue weighted by molar-refractivity contribution is -0.154. The Morgan fingerprint density at radius 2 is 2.00 bits per heavy atom. The third-order valence-corrected chi connectivity index (χ3v) is 4.58. The molecular formula is C14H24N2O5. The van der Waals surface area contributed by atoms with Gasteiger partial charge < -0.3 is 25.2 Å². The van der Waals surface area contributed by atoms with E-state index in [-0.39, 0.29) is 25.2 Å². The van der Waals surface area contributed by atoms with Crippen molar-refractivity contribution in [2.75, 3.05) is 32.9 Å². The molecule has 2 fully saturated rings. The topological polar surface area (TPSA) is 99.1 Å². The van der Waals surface area contributed by atoms with Crippen LogP contribution in [0.15, 0.2) is 0 Å². The maximum absolute atomic E-state index is 12.3. The van der Waals surface area contributed by atoms with E-state index < -0.39 is 11.4 Å². The van der Waals surface area contributed by atoms with Gasteiger partial charge >= 0.3 is 12.0 Å². The summed E-state index contributed by atoms with van der Waals surface area (Å²) in [6.45, 7) is 1.49. The summed E-state index contributed by atoms with van der Waals surface area (Å²) >= 11 is 0. The minimum Gasteiger partial charge on any atom is -0.481 e. The van der Waals surface area contributed by atoms with Crippen molar-refractivity contribution < 1.29 is 24.5 Å². The van der Waals surface area contributed by atoms with Crippen molar-refractivity contribution in [2.24, 2.45) is 5.41 Å². The summed E-state index contributed by atoms with van der Waals surface area (Å²) < 4.78 is 5.21. The quantitative estimate of drug-likeness (QED) is 0.699. The average Bonchev–Trinajstić information content (AvgIpc) is 2.53. The Kier molecular flexibility index (Phi) is 5.41. The Hall–Kier alpha value is -1.34. The Bertz CT molecular complexity index is 382. The van der Waals surface area contributed by atoms with Crippen molar-refractivity contribution in [1.82, 2.24) is 10.2 Å². The van der Waals surface area contributed by atoms with Gasteiger partial charge in [-0.15, -0.1) is 0 Å². The molecule has 2 rings (SSSR count). The fourth-order valence-electron chi connectivity index (χ4n) is 3.03. The van der Waals surface area contributed by atoms with Crippen molar-refractivity contribution in [3.8, 4) is 0 Å². The van der Waals surface area contributed by atoms with Crippen LogP contribution in [0.2, 0.25) is 0 Å². The summed E-state index contributed by atoms with van der Waals surface area (Å²) in [7, 11) is 0. The van der Waals surface area contributed by atoms with Crippen LogP contribution in [0.3, 0.4) is 0 Å². The Labute approximate surface area is 124 Å². The largest absolute Gasteiger partial charge is 0.481 e. The normalized spacial score (nSPS) is 25.4. The van der Waals surface area contributed by atoms with Gasteiger partial charge in [0.05, 0.1) is 18.1 Å². The maximum Gasteiger partial charge on any atom is 0.317 e. The number of carboxylic acids is 1. The first-order valence-electron chi connectivity index (χ1n) is 7.55. The van der Waals surface area contributed by atoms with Crippen LogP contribution in [0.4, 0.5) is 4.79 Å². The number of ether oxygens (including phenoxy) is 1. The molecule has 2 saturated heterocycles. The van der Waals surface area contributed by atoms with Crippen molar-refractivity contribution >= 4 is 12.0 Å². The molecule has 2 heterocycles. The van der Waals surface area contributed by atoms with Crippen LogP contribution in [0, 0.1) is 5.41 Å². The molecule has 21 heavy (non-hydrogen) atoms. The lowest BCUT2D eigenvalue weighted by atomic mass is 9.80. The van der Waals surface area contributed by atoms with Gasteiger partial charge in [0.25, 0.3) is 0 Å². The highest BCUT2D eigenvalue weighted by atomic mass is 16.5. The molecule has 2 aliphatic heterocycles. The molecule has 1 unspecified atom stereocenters. The zero-order chi connectivity index (χ0) is 15.3. The molecule has 2 aliphatic rings. The molecule has 0 spiro atoms. The summed E-state index contributed by atoms with van der Waals surface area (Å²) in [6.07, 6.45) is 3.53. The third kappa shape index (κ3) is 3.65. The molecule has 7 nitrogen and oxygen atoms in total. The van der Waals surface area contributed by atoms with Gasteiger partial charge in [-0.3, -0.25) is 4.79 Å². The van der Waals surface area contributed by atoms with Gasteiger partial charge in [0.2, 0.25) is 0 Å². The number of piperidine rings is 1. The molecule has 3 N–H and O–H groups in total. The summed E-state index contributed by atoms with van der Waals surface area (Å²) in [4.78, 5) is 25.4. The van der Waals surface area contributed by atoms with Crippen molar-refractivity contribution in [3.05, 3.63) is 0 Å². The first-order valence-corrected chi connectivity index (χ1v) is 7.55. The van der Waals surface area contributed by atoms with Crippen molar-refractivity contribution in [2.45, 2.75) is 38.1 Å². The van der Waals surface area contributed by atoms with Gasteiger partial charge in [0, 0.05) is 26.3 Å². The number of aliphatic hydroxyl groups excluding tert-OH is 1. The molecule has 0 aromatic carbocycles. The molecule has 0 radical (unpaired) electrons. The van der Waals surface area contributed by atoms with Gasteiger partial charge in [-0.1, -0.05) is 0 Å². The lowest BCUT2D eigenvalue weighted by Crippen LogP contribution is -2.54. The van der Waals surface area contributed by atoms with Gasteiger partial charge in [-0.25, -0.2) is 4.79 Å². The predicted octanol–water partition coefficient (Wildman–Crippen LogP) is 0.424. The number of carbonyl (C=O) groups excluding carboxylic acids is 1. The van der Waals surface area contributed by atoms with Gasteiger partial charge in [0.15, 0.2) is 0 Å². The van der Waals surface area contributed by atoms with E-state index in [0.29, 0.717) is 32.6 Å². The van der Waals surface area contributed by atoms with Crippen LogP contribution in [0.25, 0.3) is 0 Å². The van der Waals surface area contributed by atoms with Crippen LogP contribution in [0.5, 0.6) is 0 Å². The molecule has 0 bridgehead atoms. The summed E-state index contributed by atoms with van der Waals surface area (Å²) in [5, 5.41) is 21.5. The fraction of sp³-hybridized carbons (Fsp3) is 0.857. The van der Waals surface area contributed by atoms with Crippen molar-refractivity contribution in [3.63, 3.8) is 0 Å². The molecule has 0 aromatic heterocycles. The number of rotatable bonds is 4. The Morgan fingerprint density at radius 3 is 2.62 bits per heavy atom. The molecule has 1 atom stereocenters. The predicted molar refractivity (Wildman–Crippen MR) is 75.0 cm³/mol. The number of aliphatic hydroxyl groups is 1. The second-order valence-electron chi connectivity index (χ2n) is 5.88.